The molecule has 6 nitrogen and oxygen atoms in total. The molecule has 30 heavy (non-hydrogen) atoms. The molecule has 4 rings (SSSR count). The van der Waals surface area contributed by atoms with Crippen LogP contribution < -0.4 is 10.5 Å². The van der Waals surface area contributed by atoms with Crippen molar-refractivity contribution in [2.45, 2.75) is 20.0 Å². The van der Waals surface area contributed by atoms with Crippen molar-refractivity contribution < 1.29 is 9.15 Å². The minimum absolute atomic E-state index is 0.0103. The Morgan fingerprint density at radius 3 is 2.60 bits per heavy atom. The Hall–Kier alpha value is -3.93. The van der Waals surface area contributed by atoms with Crippen LogP contribution in [-0.2, 0) is 0 Å². The highest BCUT2D eigenvalue weighted by Gasteiger charge is 2.14. The third kappa shape index (κ3) is 4.38. The van der Waals surface area contributed by atoms with E-state index >= 15 is 0 Å². The normalized spacial score (nSPS) is 11.6. The van der Waals surface area contributed by atoms with Crippen molar-refractivity contribution >= 4 is 11.5 Å². The van der Waals surface area contributed by atoms with E-state index < -0.39 is 0 Å². The molecule has 3 aromatic heterocycles. The molecule has 0 saturated carbocycles. The van der Waals surface area contributed by atoms with Gasteiger partial charge in [0.15, 0.2) is 0 Å². The molecular formula is C24H22N4O2. The van der Waals surface area contributed by atoms with Crippen LogP contribution in [0.1, 0.15) is 19.5 Å². The van der Waals surface area contributed by atoms with Crippen molar-refractivity contribution in [3.63, 3.8) is 0 Å². The van der Waals surface area contributed by atoms with Gasteiger partial charge in [-0.1, -0.05) is 6.07 Å². The topological polar surface area (TPSA) is 86.5 Å². The zero-order valence-corrected chi connectivity index (χ0v) is 16.8. The average molecular weight is 398 g/mol. The lowest BCUT2D eigenvalue weighted by atomic mass is 10.1. The molecule has 3 heterocycles. The van der Waals surface area contributed by atoms with Crippen LogP contribution in [-0.4, -0.2) is 21.9 Å². The van der Waals surface area contributed by atoms with Crippen molar-refractivity contribution in [1.29, 1.82) is 0 Å². The largest absolute Gasteiger partial charge is 0.490 e. The van der Waals surface area contributed by atoms with Gasteiger partial charge in [0.1, 0.15) is 28.8 Å². The van der Waals surface area contributed by atoms with Gasteiger partial charge in [-0.05, 0) is 62.4 Å². The highest BCUT2D eigenvalue weighted by Crippen LogP contribution is 2.37. The van der Waals surface area contributed by atoms with E-state index in [1.165, 1.54) is 0 Å². The average Bonchev–Trinajstić information content (AvgIpc) is 3.25. The molecule has 0 radical (unpaired) electrons. The molecule has 0 spiro atoms. The number of aliphatic imine (C=N–C) groups is 1. The van der Waals surface area contributed by atoms with Gasteiger partial charge >= 0.3 is 0 Å². The second kappa shape index (κ2) is 8.61. The molecule has 0 aliphatic rings. The lowest BCUT2D eigenvalue weighted by molar-refractivity contribution is 0.243. The van der Waals surface area contributed by atoms with E-state index in [1.807, 2.05) is 74.5 Å². The van der Waals surface area contributed by atoms with Crippen LogP contribution in [0.4, 0.5) is 5.69 Å². The first kappa shape index (κ1) is 19.4. The van der Waals surface area contributed by atoms with Crippen molar-refractivity contribution in [3.8, 4) is 28.4 Å². The third-order valence-corrected chi connectivity index (χ3v) is 4.32. The molecular weight excluding hydrogens is 376 g/mol. The zero-order valence-electron chi connectivity index (χ0n) is 16.8. The summed E-state index contributed by atoms with van der Waals surface area (Å²) in [5, 5.41) is 0. The summed E-state index contributed by atoms with van der Waals surface area (Å²) in [6.45, 7) is 3.95. The van der Waals surface area contributed by atoms with Crippen LogP contribution in [0.15, 0.2) is 88.7 Å². The number of hydrogen-bond donors (Lipinski definition) is 1. The molecule has 2 N–H and O–H groups in total. The van der Waals surface area contributed by atoms with E-state index in [0.29, 0.717) is 28.7 Å². The van der Waals surface area contributed by atoms with Crippen LogP contribution in [0, 0.1) is 0 Å². The van der Waals surface area contributed by atoms with Crippen LogP contribution >= 0.6 is 0 Å². The summed E-state index contributed by atoms with van der Waals surface area (Å²) in [7, 11) is 0. The fraction of sp³-hybridized carbons (Fsp3) is 0.125. The molecule has 6 heteroatoms. The van der Waals surface area contributed by atoms with Crippen molar-refractivity contribution in [2.75, 3.05) is 0 Å². The molecule has 0 bridgehead atoms. The maximum Gasteiger partial charge on any atom is 0.150 e. The van der Waals surface area contributed by atoms with Crippen molar-refractivity contribution in [3.05, 3.63) is 84.9 Å². The molecule has 1 aromatic carbocycles. The van der Waals surface area contributed by atoms with E-state index in [2.05, 4.69) is 15.0 Å². The summed E-state index contributed by atoms with van der Waals surface area (Å²) in [5.41, 5.74) is 9.18. The number of rotatable bonds is 6. The van der Waals surface area contributed by atoms with Crippen LogP contribution in [0.25, 0.3) is 22.6 Å². The zero-order chi connectivity index (χ0) is 20.9. The number of amidine groups is 1. The first-order valence-corrected chi connectivity index (χ1v) is 9.67. The van der Waals surface area contributed by atoms with Gasteiger partial charge in [0.05, 0.1) is 17.4 Å². The smallest absolute Gasteiger partial charge is 0.150 e. The second-order valence-electron chi connectivity index (χ2n) is 6.96. The highest BCUT2D eigenvalue weighted by atomic mass is 16.5. The summed E-state index contributed by atoms with van der Waals surface area (Å²) in [5.74, 6) is 2.47. The van der Waals surface area contributed by atoms with Gasteiger partial charge in [0.2, 0.25) is 0 Å². The summed E-state index contributed by atoms with van der Waals surface area (Å²) < 4.78 is 12.1. The fourth-order valence-corrected chi connectivity index (χ4v) is 2.99. The van der Waals surface area contributed by atoms with E-state index in [4.69, 9.17) is 14.9 Å². The fourth-order valence-electron chi connectivity index (χ4n) is 2.99. The van der Waals surface area contributed by atoms with E-state index in [1.54, 1.807) is 18.6 Å². The van der Waals surface area contributed by atoms with Gasteiger partial charge in [0.25, 0.3) is 0 Å². The van der Waals surface area contributed by atoms with Crippen molar-refractivity contribution in [2.24, 2.45) is 10.7 Å². The molecule has 0 saturated heterocycles. The van der Waals surface area contributed by atoms with Gasteiger partial charge in [0, 0.05) is 30.2 Å². The SMILES string of the molecule is CC(C)Oc1cc(N=C(N)c2ccccn2)ccc1-c1ccc(-c2cccnc2)o1. The summed E-state index contributed by atoms with van der Waals surface area (Å²) in [6, 6.07) is 18.9. The number of benzene rings is 1. The van der Waals surface area contributed by atoms with Crippen LogP contribution in [0.3, 0.4) is 0 Å². The summed E-state index contributed by atoms with van der Waals surface area (Å²) in [6.07, 6.45) is 5.18. The number of furan rings is 1. The van der Waals surface area contributed by atoms with Crippen LogP contribution in [0.2, 0.25) is 0 Å². The predicted molar refractivity (Wildman–Crippen MR) is 118 cm³/mol. The lowest BCUT2D eigenvalue weighted by Crippen LogP contribution is -2.14. The first-order valence-electron chi connectivity index (χ1n) is 9.67. The minimum Gasteiger partial charge on any atom is -0.490 e. The first-order chi connectivity index (χ1) is 14.6. The molecule has 0 fully saturated rings. The Morgan fingerprint density at radius 2 is 1.87 bits per heavy atom. The number of aromatic nitrogens is 2. The molecule has 4 aromatic rings. The highest BCUT2D eigenvalue weighted by molar-refractivity contribution is 5.97. The van der Waals surface area contributed by atoms with Gasteiger partial charge in [-0.25, -0.2) is 4.99 Å². The van der Waals surface area contributed by atoms with E-state index in [-0.39, 0.29) is 6.10 Å². The Bertz CT molecular complexity index is 1150. The molecule has 150 valence electrons. The predicted octanol–water partition coefficient (Wildman–Crippen LogP) is 5.23. The molecule has 0 atom stereocenters. The second-order valence-corrected chi connectivity index (χ2v) is 6.96. The quantitative estimate of drug-likeness (QED) is 0.355. The summed E-state index contributed by atoms with van der Waals surface area (Å²) >= 11 is 0. The van der Waals surface area contributed by atoms with Crippen molar-refractivity contribution in [1.82, 2.24) is 9.97 Å². The maximum absolute atomic E-state index is 6.12. The molecule has 0 amide bonds. The summed E-state index contributed by atoms with van der Waals surface area (Å²) in [4.78, 5) is 12.9. The molecule has 0 unspecified atom stereocenters. The van der Waals surface area contributed by atoms with Gasteiger partial charge < -0.3 is 14.9 Å². The Kier molecular flexibility index (Phi) is 5.57. The van der Waals surface area contributed by atoms with Crippen LogP contribution in [0.5, 0.6) is 5.75 Å². The standard InChI is InChI=1S/C24H22N4O2/c1-16(2)29-23-14-18(28-24(25)20-7-3-4-13-27-20)8-9-19(23)22-11-10-21(30-22)17-6-5-12-26-15-17/h3-16H,1-2H3,(H2,25,28). The Labute approximate surface area is 175 Å². The number of pyridine rings is 2. The number of nitrogens with zero attached hydrogens (tertiary/aromatic N) is 3. The van der Waals surface area contributed by atoms with Gasteiger partial charge in [-0.3, -0.25) is 9.97 Å². The molecule has 0 aliphatic heterocycles. The molecule has 0 aliphatic carbocycles. The minimum atomic E-state index is -0.0103. The Morgan fingerprint density at radius 1 is 1.00 bits per heavy atom. The Balaban J connectivity index is 1.70. The van der Waals surface area contributed by atoms with E-state index in [9.17, 15) is 0 Å². The lowest BCUT2D eigenvalue weighted by Gasteiger charge is -2.14. The number of ether oxygens (including phenoxy) is 1. The third-order valence-electron chi connectivity index (χ3n) is 4.32. The maximum atomic E-state index is 6.12. The van der Waals surface area contributed by atoms with Gasteiger partial charge in [-0.2, -0.15) is 0 Å². The number of nitrogens with two attached hydrogens (primary N) is 1. The monoisotopic (exact) mass is 398 g/mol. The number of hydrogen-bond acceptors (Lipinski definition) is 5. The van der Waals surface area contributed by atoms with Gasteiger partial charge in [-0.15, -0.1) is 0 Å². The van der Waals surface area contributed by atoms with E-state index in [0.717, 1.165) is 16.9 Å².